The zero-order chi connectivity index (χ0) is 16.2. The van der Waals surface area contributed by atoms with Crippen molar-refractivity contribution in [3.8, 4) is 0 Å². The van der Waals surface area contributed by atoms with E-state index in [0.29, 0.717) is 18.6 Å². The maximum Gasteiger partial charge on any atom is 0.305 e. The molecule has 0 saturated carbocycles. The van der Waals surface area contributed by atoms with E-state index in [1.165, 1.54) is 0 Å². The van der Waals surface area contributed by atoms with Crippen LogP contribution in [-0.2, 0) is 0 Å². The molecule has 0 aliphatic heterocycles. The van der Waals surface area contributed by atoms with Crippen molar-refractivity contribution in [3.63, 3.8) is 0 Å². The van der Waals surface area contributed by atoms with Crippen molar-refractivity contribution in [2.75, 3.05) is 5.88 Å². The topological polar surface area (TPSA) is 72.2 Å². The van der Waals surface area contributed by atoms with Gasteiger partial charge in [0.2, 0.25) is 5.82 Å². The number of halogens is 3. The molecule has 0 heterocycles. The van der Waals surface area contributed by atoms with E-state index < -0.39 is 39.8 Å². The molecule has 0 fully saturated rings. The second kappa shape index (κ2) is 7.31. The SMILES string of the molecule is CC(C)CC(CCl)NC(=O)c1c(F)ccc([N+](=O)[O-])c1F. The summed E-state index contributed by atoms with van der Waals surface area (Å²) in [5, 5.41) is 13.0. The largest absolute Gasteiger partial charge is 0.348 e. The lowest BCUT2D eigenvalue weighted by molar-refractivity contribution is -0.387. The predicted octanol–water partition coefficient (Wildman–Crippen LogP) is 3.26. The summed E-state index contributed by atoms with van der Waals surface area (Å²) in [6.45, 7) is 3.81. The van der Waals surface area contributed by atoms with Gasteiger partial charge >= 0.3 is 5.69 Å². The van der Waals surface area contributed by atoms with E-state index in [9.17, 15) is 23.7 Å². The fraction of sp³-hybridized carbons (Fsp3) is 0.462. The first-order valence-electron chi connectivity index (χ1n) is 6.27. The van der Waals surface area contributed by atoms with E-state index in [0.717, 1.165) is 0 Å². The van der Waals surface area contributed by atoms with E-state index in [4.69, 9.17) is 11.6 Å². The fourth-order valence-electron chi connectivity index (χ4n) is 1.88. The molecular weight excluding hydrogens is 306 g/mol. The minimum absolute atomic E-state index is 0.0715. The smallest absolute Gasteiger partial charge is 0.305 e. The fourth-order valence-corrected chi connectivity index (χ4v) is 2.08. The van der Waals surface area contributed by atoms with Crippen molar-refractivity contribution >= 4 is 23.2 Å². The third-order valence-corrected chi connectivity index (χ3v) is 3.14. The number of benzene rings is 1. The van der Waals surface area contributed by atoms with Gasteiger partial charge in [-0.1, -0.05) is 13.8 Å². The minimum atomic E-state index is -1.49. The second-order valence-electron chi connectivity index (χ2n) is 4.97. The van der Waals surface area contributed by atoms with Crippen molar-refractivity contribution in [3.05, 3.63) is 39.4 Å². The van der Waals surface area contributed by atoms with Crippen LogP contribution in [0.15, 0.2) is 12.1 Å². The lowest BCUT2D eigenvalue weighted by Crippen LogP contribution is -2.38. The summed E-state index contributed by atoms with van der Waals surface area (Å²) in [6, 6.07) is 0.889. The number of nitro benzene ring substituents is 1. The molecule has 1 aromatic rings. The molecule has 5 nitrogen and oxygen atoms in total. The molecule has 0 radical (unpaired) electrons. The van der Waals surface area contributed by atoms with Crippen LogP contribution in [0.5, 0.6) is 0 Å². The zero-order valence-corrected chi connectivity index (χ0v) is 12.3. The maximum absolute atomic E-state index is 13.9. The Hall–Kier alpha value is -1.76. The number of carbonyl (C=O) groups excluding carboxylic acids is 1. The van der Waals surface area contributed by atoms with Crippen molar-refractivity contribution in [1.82, 2.24) is 5.32 Å². The van der Waals surface area contributed by atoms with Gasteiger partial charge in [0.1, 0.15) is 11.4 Å². The van der Waals surface area contributed by atoms with E-state index in [-0.39, 0.29) is 11.8 Å². The Morgan fingerprint density at radius 2 is 2.05 bits per heavy atom. The van der Waals surface area contributed by atoms with Gasteiger partial charge in [-0.2, -0.15) is 4.39 Å². The molecule has 1 amide bonds. The van der Waals surface area contributed by atoms with Crippen molar-refractivity contribution in [1.29, 1.82) is 0 Å². The summed E-state index contributed by atoms with van der Waals surface area (Å²) in [7, 11) is 0. The highest BCUT2D eigenvalue weighted by Gasteiger charge is 2.27. The van der Waals surface area contributed by atoms with Crippen LogP contribution in [0.2, 0.25) is 0 Å². The van der Waals surface area contributed by atoms with E-state index in [1.807, 2.05) is 13.8 Å². The molecule has 0 aliphatic rings. The summed E-state index contributed by atoms with van der Waals surface area (Å²) in [5.41, 5.74) is -1.92. The van der Waals surface area contributed by atoms with Crippen LogP contribution in [0.4, 0.5) is 14.5 Å². The van der Waals surface area contributed by atoms with Crippen LogP contribution in [0.3, 0.4) is 0 Å². The van der Waals surface area contributed by atoms with Gasteiger partial charge in [0.15, 0.2) is 0 Å². The third-order valence-electron chi connectivity index (χ3n) is 2.77. The first kappa shape index (κ1) is 17.3. The summed E-state index contributed by atoms with van der Waals surface area (Å²) in [5.74, 6) is -3.42. The predicted molar refractivity (Wildman–Crippen MR) is 74.4 cm³/mol. The average molecular weight is 321 g/mol. The van der Waals surface area contributed by atoms with Crippen LogP contribution < -0.4 is 5.32 Å². The number of nitro groups is 1. The number of carbonyl (C=O) groups is 1. The highest BCUT2D eigenvalue weighted by molar-refractivity contribution is 6.18. The molecule has 1 N–H and O–H groups in total. The number of nitrogens with zero attached hydrogens (tertiary/aromatic N) is 1. The van der Waals surface area contributed by atoms with E-state index in [2.05, 4.69) is 5.32 Å². The van der Waals surface area contributed by atoms with Gasteiger partial charge in [-0.15, -0.1) is 11.6 Å². The number of hydrogen-bond acceptors (Lipinski definition) is 3. The Labute approximate surface area is 125 Å². The standard InChI is InChI=1S/C13H15ClF2N2O3/c1-7(2)5-8(6-14)17-13(19)11-9(15)3-4-10(12(11)16)18(20)21/h3-4,7-8H,5-6H2,1-2H3,(H,17,19). The first-order valence-corrected chi connectivity index (χ1v) is 6.80. The molecule has 0 spiro atoms. The summed E-state index contributed by atoms with van der Waals surface area (Å²) in [6.07, 6.45) is 0.521. The van der Waals surface area contributed by atoms with Gasteiger partial charge in [0.05, 0.1) is 4.92 Å². The normalized spacial score (nSPS) is 12.3. The maximum atomic E-state index is 13.9. The minimum Gasteiger partial charge on any atom is -0.348 e. The summed E-state index contributed by atoms with van der Waals surface area (Å²) < 4.78 is 27.5. The highest BCUT2D eigenvalue weighted by atomic mass is 35.5. The molecule has 1 rings (SSSR count). The Morgan fingerprint density at radius 3 is 2.52 bits per heavy atom. The Balaban J connectivity index is 3.07. The molecule has 1 aromatic carbocycles. The van der Waals surface area contributed by atoms with Gasteiger partial charge in [-0.25, -0.2) is 4.39 Å². The van der Waals surface area contributed by atoms with Crippen LogP contribution >= 0.6 is 11.6 Å². The first-order chi connectivity index (χ1) is 9.77. The molecule has 0 aliphatic carbocycles. The van der Waals surface area contributed by atoms with Gasteiger partial charge in [-0.05, 0) is 18.4 Å². The third kappa shape index (κ3) is 4.35. The highest BCUT2D eigenvalue weighted by Crippen LogP contribution is 2.23. The monoisotopic (exact) mass is 320 g/mol. The Kier molecular flexibility index (Phi) is 6.02. The quantitative estimate of drug-likeness (QED) is 0.497. The molecule has 1 atom stereocenters. The summed E-state index contributed by atoms with van der Waals surface area (Å²) >= 11 is 5.69. The molecule has 116 valence electrons. The van der Waals surface area contributed by atoms with Gasteiger partial charge < -0.3 is 5.32 Å². The number of nitrogens with one attached hydrogen (secondary N) is 1. The molecule has 8 heteroatoms. The zero-order valence-electron chi connectivity index (χ0n) is 11.5. The van der Waals surface area contributed by atoms with Crippen molar-refractivity contribution in [2.45, 2.75) is 26.3 Å². The second-order valence-corrected chi connectivity index (χ2v) is 5.28. The molecule has 0 aromatic heterocycles. The lowest BCUT2D eigenvalue weighted by Gasteiger charge is -2.18. The average Bonchev–Trinajstić information content (AvgIpc) is 2.36. The molecule has 0 bridgehead atoms. The number of amides is 1. The van der Waals surface area contributed by atoms with Gasteiger partial charge in [0, 0.05) is 18.0 Å². The van der Waals surface area contributed by atoms with Crippen molar-refractivity contribution in [2.24, 2.45) is 5.92 Å². The van der Waals surface area contributed by atoms with Gasteiger partial charge in [-0.3, -0.25) is 14.9 Å². The summed E-state index contributed by atoms with van der Waals surface area (Å²) in [4.78, 5) is 21.5. The Morgan fingerprint density at radius 1 is 1.43 bits per heavy atom. The van der Waals surface area contributed by atoms with E-state index in [1.54, 1.807) is 0 Å². The van der Waals surface area contributed by atoms with Gasteiger partial charge in [0.25, 0.3) is 5.91 Å². The van der Waals surface area contributed by atoms with Crippen LogP contribution in [0.25, 0.3) is 0 Å². The lowest BCUT2D eigenvalue weighted by atomic mass is 10.0. The van der Waals surface area contributed by atoms with E-state index >= 15 is 0 Å². The number of hydrogen-bond donors (Lipinski definition) is 1. The van der Waals surface area contributed by atoms with Crippen LogP contribution in [0, 0.1) is 27.7 Å². The van der Waals surface area contributed by atoms with Crippen LogP contribution in [-0.4, -0.2) is 22.8 Å². The van der Waals surface area contributed by atoms with Crippen LogP contribution in [0.1, 0.15) is 30.6 Å². The molecule has 21 heavy (non-hydrogen) atoms. The molecule has 1 unspecified atom stereocenters. The number of rotatable bonds is 6. The number of alkyl halides is 1. The molecular formula is C13H15ClF2N2O3. The van der Waals surface area contributed by atoms with Crippen molar-refractivity contribution < 1.29 is 18.5 Å². The Bertz CT molecular complexity index is 552. The molecule has 0 saturated heterocycles.